The SMILES string of the molecule is CC(=O)OC[C@H]1O[C@@H](OC(C)=O)[C@@H](NC(=O)c2ccccc2)[C@@H](OC(C)=O)[C@@H]1OC(C)=O. The Kier molecular flexibility index (Phi) is 8.71. The number of benzene rings is 1. The van der Waals surface area contributed by atoms with E-state index in [0.717, 1.165) is 20.8 Å². The van der Waals surface area contributed by atoms with Gasteiger partial charge >= 0.3 is 23.9 Å². The van der Waals surface area contributed by atoms with Gasteiger partial charge in [0.2, 0.25) is 6.29 Å². The standard InChI is InChI=1S/C21H25NO10/c1-11(23)28-10-16-18(29-12(2)24)19(30-13(3)25)17(21(32-16)31-14(4)26)22-20(27)15-8-6-5-7-9-15/h5-9,16-19,21H,10H2,1-4H3,(H,22,27)/t16-,17+,18-,19-,21-/m1/s1. The molecule has 1 fully saturated rings. The normalized spacial score (nSPS) is 24.6. The van der Waals surface area contributed by atoms with Gasteiger partial charge in [-0.15, -0.1) is 0 Å². The molecule has 0 radical (unpaired) electrons. The van der Waals surface area contributed by atoms with Crippen molar-refractivity contribution < 1.29 is 47.7 Å². The highest BCUT2D eigenvalue weighted by molar-refractivity contribution is 5.94. The van der Waals surface area contributed by atoms with Crippen LogP contribution in [0.2, 0.25) is 0 Å². The van der Waals surface area contributed by atoms with Crippen LogP contribution in [0.5, 0.6) is 0 Å². The molecule has 0 unspecified atom stereocenters. The minimum atomic E-state index is -1.43. The van der Waals surface area contributed by atoms with E-state index in [0.29, 0.717) is 0 Å². The summed E-state index contributed by atoms with van der Waals surface area (Å²) >= 11 is 0. The molecule has 1 aliphatic rings. The third-order valence-corrected chi connectivity index (χ3v) is 4.32. The smallest absolute Gasteiger partial charge is 0.305 e. The van der Waals surface area contributed by atoms with Crippen LogP contribution >= 0.6 is 0 Å². The van der Waals surface area contributed by atoms with Crippen molar-refractivity contribution in [1.29, 1.82) is 0 Å². The highest BCUT2D eigenvalue weighted by atomic mass is 16.7. The highest BCUT2D eigenvalue weighted by Gasteiger charge is 2.52. The average molecular weight is 451 g/mol. The zero-order valence-electron chi connectivity index (χ0n) is 18.1. The lowest BCUT2D eigenvalue weighted by Crippen LogP contribution is -2.67. The third-order valence-electron chi connectivity index (χ3n) is 4.32. The molecule has 0 spiro atoms. The van der Waals surface area contributed by atoms with Crippen molar-refractivity contribution in [3.63, 3.8) is 0 Å². The fourth-order valence-electron chi connectivity index (χ4n) is 3.14. The van der Waals surface area contributed by atoms with Crippen molar-refractivity contribution in [2.24, 2.45) is 0 Å². The van der Waals surface area contributed by atoms with Gasteiger partial charge in [0.25, 0.3) is 5.91 Å². The van der Waals surface area contributed by atoms with Gasteiger partial charge in [-0.05, 0) is 12.1 Å². The molecule has 1 aromatic rings. The Bertz CT molecular complexity index is 855. The molecule has 174 valence electrons. The first-order chi connectivity index (χ1) is 15.1. The van der Waals surface area contributed by atoms with E-state index in [2.05, 4.69) is 5.32 Å². The minimum absolute atomic E-state index is 0.279. The zero-order valence-corrected chi connectivity index (χ0v) is 18.1. The van der Waals surface area contributed by atoms with E-state index in [1.54, 1.807) is 30.3 Å². The maximum Gasteiger partial charge on any atom is 0.305 e. The number of amides is 1. The van der Waals surface area contributed by atoms with Crippen molar-refractivity contribution >= 4 is 29.8 Å². The quantitative estimate of drug-likeness (QED) is 0.460. The Hall–Kier alpha value is -3.47. The van der Waals surface area contributed by atoms with Gasteiger partial charge in [-0.25, -0.2) is 0 Å². The number of hydrogen-bond acceptors (Lipinski definition) is 10. The molecule has 0 aromatic heterocycles. The Morgan fingerprint density at radius 1 is 0.812 bits per heavy atom. The molecule has 11 heteroatoms. The highest BCUT2D eigenvalue weighted by Crippen LogP contribution is 2.28. The second-order valence-corrected chi connectivity index (χ2v) is 6.97. The molecular formula is C21H25NO10. The van der Waals surface area contributed by atoms with Crippen LogP contribution < -0.4 is 5.32 Å². The van der Waals surface area contributed by atoms with Gasteiger partial charge in [-0.1, -0.05) is 18.2 Å². The van der Waals surface area contributed by atoms with Crippen LogP contribution in [0.3, 0.4) is 0 Å². The zero-order chi connectivity index (χ0) is 23.8. The summed E-state index contributed by atoms with van der Waals surface area (Å²) in [4.78, 5) is 59.3. The summed E-state index contributed by atoms with van der Waals surface area (Å²) < 4.78 is 26.5. The van der Waals surface area contributed by atoms with Crippen LogP contribution in [0.15, 0.2) is 30.3 Å². The van der Waals surface area contributed by atoms with E-state index in [1.165, 1.54) is 6.92 Å². The summed E-state index contributed by atoms with van der Waals surface area (Å²) in [6.45, 7) is 4.16. The summed E-state index contributed by atoms with van der Waals surface area (Å²) in [5.74, 6) is -3.44. The minimum Gasteiger partial charge on any atom is -0.463 e. The predicted molar refractivity (Wildman–Crippen MR) is 106 cm³/mol. The number of esters is 4. The molecule has 0 saturated carbocycles. The summed E-state index contributed by atoms with van der Waals surface area (Å²) in [7, 11) is 0. The summed E-state index contributed by atoms with van der Waals surface area (Å²) in [5.41, 5.74) is 0.279. The number of carbonyl (C=O) groups is 5. The summed E-state index contributed by atoms with van der Waals surface area (Å²) in [6, 6.07) is 6.88. The van der Waals surface area contributed by atoms with E-state index < -0.39 is 60.4 Å². The molecule has 5 atom stereocenters. The predicted octanol–water partition coefficient (Wildman–Crippen LogP) is 0.500. The first-order valence-corrected chi connectivity index (χ1v) is 9.75. The lowest BCUT2D eigenvalue weighted by molar-refractivity contribution is -0.270. The fraction of sp³-hybridized carbons (Fsp3) is 0.476. The van der Waals surface area contributed by atoms with Crippen LogP contribution in [-0.4, -0.2) is 67.0 Å². The van der Waals surface area contributed by atoms with E-state index in [-0.39, 0.29) is 12.2 Å². The van der Waals surface area contributed by atoms with Gasteiger partial charge in [0.15, 0.2) is 12.2 Å². The van der Waals surface area contributed by atoms with E-state index in [4.69, 9.17) is 23.7 Å². The molecule has 1 amide bonds. The van der Waals surface area contributed by atoms with Gasteiger partial charge in [0, 0.05) is 33.3 Å². The maximum absolute atomic E-state index is 12.8. The van der Waals surface area contributed by atoms with E-state index >= 15 is 0 Å². The third kappa shape index (κ3) is 7.05. The molecule has 0 aliphatic carbocycles. The molecule has 11 nitrogen and oxygen atoms in total. The summed E-state index contributed by atoms with van der Waals surface area (Å²) in [6.07, 6.45) is -5.18. The lowest BCUT2D eigenvalue weighted by Gasteiger charge is -2.44. The molecule has 1 heterocycles. The number of carbonyl (C=O) groups excluding carboxylic acids is 5. The molecule has 2 rings (SSSR count). The lowest BCUT2D eigenvalue weighted by atomic mass is 9.95. The van der Waals surface area contributed by atoms with Gasteiger partial charge in [0.05, 0.1) is 0 Å². The number of ether oxygens (including phenoxy) is 5. The second kappa shape index (κ2) is 11.2. The Labute approximate surface area is 184 Å². The number of hydrogen-bond donors (Lipinski definition) is 1. The van der Waals surface area contributed by atoms with Crippen molar-refractivity contribution in [3.8, 4) is 0 Å². The van der Waals surface area contributed by atoms with Crippen LogP contribution in [-0.2, 0) is 42.9 Å². The molecular weight excluding hydrogens is 426 g/mol. The van der Waals surface area contributed by atoms with Crippen molar-refractivity contribution in [3.05, 3.63) is 35.9 Å². The Morgan fingerprint density at radius 2 is 1.38 bits per heavy atom. The fourth-order valence-corrected chi connectivity index (χ4v) is 3.14. The van der Waals surface area contributed by atoms with Crippen molar-refractivity contribution in [2.45, 2.75) is 58.3 Å². The van der Waals surface area contributed by atoms with Crippen LogP contribution in [0.1, 0.15) is 38.1 Å². The van der Waals surface area contributed by atoms with E-state index in [9.17, 15) is 24.0 Å². The van der Waals surface area contributed by atoms with Gasteiger partial charge in [-0.3, -0.25) is 24.0 Å². The first-order valence-electron chi connectivity index (χ1n) is 9.75. The van der Waals surface area contributed by atoms with Gasteiger partial charge in [-0.2, -0.15) is 0 Å². The average Bonchev–Trinajstić information content (AvgIpc) is 2.70. The van der Waals surface area contributed by atoms with Gasteiger partial charge < -0.3 is 29.0 Å². The monoisotopic (exact) mass is 451 g/mol. The number of rotatable bonds is 7. The largest absolute Gasteiger partial charge is 0.463 e. The van der Waals surface area contributed by atoms with Crippen molar-refractivity contribution in [2.75, 3.05) is 6.61 Å². The van der Waals surface area contributed by atoms with Crippen LogP contribution in [0, 0.1) is 0 Å². The molecule has 1 aliphatic heterocycles. The topological polar surface area (TPSA) is 144 Å². The molecule has 1 aromatic carbocycles. The molecule has 0 bridgehead atoms. The van der Waals surface area contributed by atoms with Crippen LogP contribution in [0.25, 0.3) is 0 Å². The molecule has 1 saturated heterocycles. The van der Waals surface area contributed by atoms with E-state index in [1.807, 2.05) is 0 Å². The van der Waals surface area contributed by atoms with Crippen LogP contribution in [0.4, 0.5) is 0 Å². The van der Waals surface area contributed by atoms with Gasteiger partial charge in [0.1, 0.15) is 18.8 Å². The Morgan fingerprint density at radius 3 is 1.91 bits per heavy atom. The Balaban J connectivity index is 2.44. The molecule has 32 heavy (non-hydrogen) atoms. The first kappa shape index (κ1) is 24.8. The molecule has 1 N–H and O–H groups in total. The summed E-state index contributed by atoms with van der Waals surface area (Å²) in [5, 5.41) is 2.62. The second-order valence-electron chi connectivity index (χ2n) is 6.97. The number of nitrogens with one attached hydrogen (secondary N) is 1. The maximum atomic E-state index is 12.8. The van der Waals surface area contributed by atoms with Crippen molar-refractivity contribution in [1.82, 2.24) is 5.32 Å².